The van der Waals surface area contributed by atoms with E-state index in [1.54, 1.807) is 18.3 Å². The number of nitrogens with one attached hydrogen (secondary N) is 1. The van der Waals surface area contributed by atoms with Gasteiger partial charge in [0, 0.05) is 18.8 Å². The van der Waals surface area contributed by atoms with Crippen molar-refractivity contribution in [2.45, 2.75) is 24.9 Å². The molecule has 0 aliphatic rings. The minimum atomic E-state index is -1.20. The molecule has 2 atom stereocenters. The van der Waals surface area contributed by atoms with Gasteiger partial charge in [-0.05, 0) is 11.6 Å². The van der Waals surface area contributed by atoms with Gasteiger partial charge < -0.3 is 21.9 Å². The highest BCUT2D eigenvalue weighted by Gasteiger charge is 2.24. The Balaban J connectivity index is 2.66. The first-order valence-electron chi connectivity index (χ1n) is 5.86. The second kappa shape index (κ2) is 7.19. The van der Waals surface area contributed by atoms with Crippen molar-refractivity contribution < 1.29 is 19.5 Å². The molecular formula is C12H16N4O4. The lowest BCUT2D eigenvalue weighted by Crippen LogP contribution is -2.50. The molecule has 0 aromatic carbocycles. The van der Waals surface area contributed by atoms with Gasteiger partial charge in [0.15, 0.2) is 0 Å². The number of amides is 2. The number of pyridine rings is 1. The van der Waals surface area contributed by atoms with Crippen LogP contribution in [0.2, 0.25) is 0 Å². The number of carboxylic acid groups (broad SMARTS) is 1. The molecule has 1 aromatic heterocycles. The van der Waals surface area contributed by atoms with E-state index in [-0.39, 0.29) is 12.8 Å². The van der Waals surface area contributed by atoms with Crippen LogP contribution in [0.15, 0.2) is 24.5 Å². The molecule has 8 nitrogen and oxygen atoms in total. The van der Waals surface area contributed by atoms with Crippen molar-refractivity contribution in [1.82, 2.24) is 10.3 Å². The molecule has 6 N–H and O–H groups in total. The first-order valence-corrected chi connectivity index (χ1v) is 5.86. The van der Waals surface area contributed by atoms with Crippen molar-refractivity contribution in [1.29, 1.82) is 0 Å². The monoisotopic (exact) mass is 280 g/mol. The number of aromatic nitrogens is 1. The highest BCUT2D eigenvalue weighted by Crippen LogP contribution is 2.02. The van der Waals surface area contributed by atoms with Gasteiger partial charge in [-0.25, -0.2) is 4.79 Å². The third-order valence-electron chi connectivity index (χ3n) is 2.54. The van der Waals surface area contributed by atoms with E-state index < -0.39 is 29.9 Å². The van der Waals surface area contributed by atoms with E-state index in [2.05, 4.69) is 10.3 Å². The van der Waals surface area contributed by atoms with Gasteiger partial charge in [-0.15, -0.1) is 0 Å². The standard InChI is InChI=1S/C12H16N4O4/c13-8(5-10(14)17)11(18)16-9(12(19)20)4-7-2-1-3-15-6-7/h1-3,6,8-9H,4-5,13H2,(H2,14,17)(H,16,18)(H,19,20)/t8-,9-/m0/s1. The van der Waals surface area contributed by atoms with Gasteiger partial charge in [0.1, 0.15) is 6.04 Å². The van der Waals surface area contributed by atoms with Crippen molar-refractivity contribution in [3.8, 4) is 0 Å². The molecule has 2 amide bonds. The number of aliphatic carboxylic acids is 1. The molecule has 0 saturated carbocycles. The first-order chi connectivity index (χ1) is 9.40. The van der Waals surface area contributed by atoms with Crippen molar-refractivity contribution in [3.63, 3.8) is 0 Å². The molecule has 0 bridgehead atoms. The Morgan fingerprint density at radius 2 is 2.10 bits per heavy atom. The molecular weight excluding hydrogens is 264 g/mol. The normalized spacial score (nSPS) is 13.2. The third-order valence-corrected chi connectivity index (χ3v) is 2.54. The summed E-state index contributed by atoms with van der Waals surface area (Å²) in [6.45, 7) is 0. The summed E-state index contributed by atoms with van der Waals surface area (Å²) in [7, 11) is 0. The van der Waals surface area contributed by atoms with Gasteiger partial charge in [0.25, 0.3) is 0 Å². The average Bonchev–Trinajstić information content (AvgIpc) is 2.38. The summed E-state index contributed by atoms with van der Waals surface area (Å²) in [5.74, 6) is -2.67. The maximum atomic E-state index is 11.7. The van der Waals surface area contributed by atoms with Crippen LogP contribution in [0, 0.1) is 0 Å². The number of hydrogen-bond donors (Lipinski definition) is 4. The fourth-order valence-corrected chi connectivity index (χ4v) is 1.54. The van der Waals surface area contributed by atoms with Crippen LogP contribution in [0.1, 0.15) is 12.0 Å². The minimum Gasteiger partial charge on any atom is -0.480 e. The lowest BCUT2D eigenvalue weighted by atomic mass is 10.1. The highest BCUT2D eigenvalue weighted by molar-refractivity contribution is 5.90. The maximum Gasteiger partial charge on any atom is 0.326 e. The number of carbonyl (C=O) groups is 3. The van der Waals surface area contributed by atoms with E-state index in [4.69, 9.17) is 16.6 Å². The average molecular weight is 280 g/mol. The summed E-state index contributed by atoms with van der Waals surface area (Å²) in [6, 6.07) is 1.04. The van der Waals surface area contributed by atoms with E-state index in [0.717, 1.165) is 0 Å². The molecule has 1 aromatic rings. The summed E-state index contributed by atoms with van der Waals surface area (Å²) < 4.78 is 0. The Morgan fingerprint density at radius 1 is 1.40 bits per heavy atom. The number of primary amides is 1. The summed E-state index contributed by atoms with van der Waals surface area (Å²) in [5, 5.41) is 11.4. The van der Waals surface area contributed by atoms with Gasteiger partial charge in [-0.1, -0.05) is 6.07 Å². The van der Waals surface area contributed by atoms with Crippen LogP contribution in [0.5, 0.6) is 0 Å². The Hall–Kier alpha value is -2.48. The molecule has 0 saturated heterocycles. The Bertz CT molecular complexity index is 491. The topological polar surface area (TPSA) is 148 Å². The van der Waals surface area contributed by atoms with Crippen molar-refractivity contribution in [2.75, 3.05) is 0 Å². The van der Waals surface area contributed by atoms with Crippen LogP contribution in [-0.4, -0.2) is 40.0 Å². The molecule has 108 valence electrons. The highest BCUT2D eigenvalue weighted by atomic mass is 16.4. The van der Waals surface area contributed by atoms with Crippen LogP contribution < -0.4 is 16.8 Å². The number of carbonyl (C=O) groups excluding carboxylic acids is 2. The van der Waals surface area contributed by atoms with Gasteiger partial charge in [-0.3, -0.25) is 14.6 Å². The fraction of sp³-hybridized carbons (Fsp3) is 0.333. The first kappa shape index (κ1) is 15.6. The lowest BCUT2D eigenvalue weighted by molar-refractivity contribution is -0.142. The number of hydrogen-bond acceptors (Lipinski definition) is 5. The van der Waals surface area contributed by atoms with Crippen LogP contribution in [0.4, 0.5) is 0 Å². The maximum absolute atomic E-state index is 11.7. The number of nitrogens with two attached hydrogens (primary N) is 2. The molecule has 0 radical (unpaired) electrons. The second-order valence-electron chi connectivity index (χ2n) is 4.24. The molecule has 0 aliphatic carbocycles. The molecule has 0 aliphatic heterocycles. The van der Waals surface area contributed by atoms with E-state index in [9.17, 15) is 14.4 Å². The molecule has 8 heteroatoms. The zero-order valence-corrected chi connectivity index (χ0v) is 10.7. The molecule has 20 heavy (non-hydrogen) atoms. The third kappa shape index (κ3) is 5.02. The Kier molecular flexibility index (Phi) is 5.60. The molecule has 0 fully saturated rings. The summed E-state index contributed by atoms with van der Waals surface area (Å²) in [5.41, 5.74) is 11.0. The molecule has 0 unspecified atom stereocenters. The van der Waals surface area contributed by atoms with Crippen molar-refractivity contribution >= 4 is 17.8 Å². The Labute approximate surface area is 115 Å². The van der Waals surface area contributed by atoms with Gasteiger partial charge in [0.05, 0.1) is 12.5 Å². The van der Waals surface area contributed by atoms with Crippen LogP contribution in [0.3, 0.4) is 0 Å². The summed E-state index contributed by atoms with van der Waals surface area (Å²) in [6.07, 6.45) is 2.79. The predicted molar refractivity (Wildman–Crippen MR) is 69.3 cm³/mol. The molecule has 0 spiro atoms. The fourth-order valence-electron chi connectivity index (χ4n) is 1.54. The second-order valence-corrected chi connectivity index (χ2v) is 4.24. The molecule has 1 heterocycles. The van der Waals surface area contributed by atoms with Crippen LogP contribution in [0.25, 0.3) is 0 Å². The Morgan fingerprint density at radius 3 is 2.60 bits per heavy atom. The van der Waals surface area contributed by atoms with Gasteiger partial charge >= 0.3 is 5.97 Å². The van der Waals surface area contributed by atoms with E-state index in [1.165, 1.54) is 6.20 Å². The van der Waals surface area contributed by atoms with Crippen LogP contribution in [-0.2, 0) is 20.8 Å². The largest absolute Gasteiger partial charge is 0.480 e. The van der Waals surface area contributed by atoms with E-state index in [0.29, 0.717) is 5.56 Å². The van der Waals surface area contributed by atoms with Gasteiger partial charge in [0.2, 0.25) is 11.8 Å². The van der Waals surface area contributed by atoms with Crippen LogP contribution >= 0.6 is 0 Å². The van der Waals surface area contributed by atoms with Crippen molar-refractivity contribution in [2.24, 2.45) is 11.5 Å². The minimum absolute atomic E-state index is 0.0677. The quantitative estimate of drug-likeness (QED) is 0.472. The van der Waals surface area contributed by atoms with Gasteiger partial charge in [-0.2, -0.15) is 0 Å². The smallest absolute Gasteiger partial charge is 0.326 e. The zero-order valence-electron chi connectivity index (χ0n) is 10.7. The SMILES string of the molecule is NC(=O)C[C@H](N)C(=O)N[C@@H](Cc1cccnc1)C(=O)O. The summed E-state index contributed by atoms with van der Waals surface area (Å²) in [4.78, 5) is 37.3. The predicted octanol–water partition coefficient (Wildman–Crippen LogP) is -1.60. The van der Waals surface area contributed by atoms with E-state index >= 15 is 0 Å². The van der Waals surface area contributed by atoms with Crippen molar-refractivity contribution in [3.05, 3.63) is 30.1 Å². The number of rotatable bonds is 7. The zero-order chi connectivity index (χ0) is 15.1. The molecule has 1 rings (SSSR count). The number of nitrogens with zero attached hydrogens (tertiary/aromatic N) is 1. The number of carboxylic acids is 1. The summed E-state index contributed by atoms with van der Waals surface area (Å²) >= 11 is 0. The van der Waals surface area contributed by atoms with E-state index in [1.807, 2.05) is 0 Å². The lowest BCUT2D eigenvalue weighted by Gasteiger charge is -2.17.